The molecule has 2 aromatic heterocycles. The maximum atomic E-state index is 5.91. The molecule has 0 spiro atoms. The number of rotatable bonds is 3. The molecule has 2 N–H and O–H groups in total. The van der Waals surface area contributed by atoms with E-state index in [-0.39, 0.29) is 0 Å². The molecule has 20 heavy (non-hydrogen) atoms. The zero-order valence-electron chi connectivity index (χ0n) is 10.6. The molecule has 1 aromatic carbocycles. The zero-order chi connectivity index (χ0) is 13.9. The first-order chi connectivity index (χ1) is 9.72. The van der Waals surface area contributed by atoms with Crippen LogP contribution in [0.4, 0.5) is 5.13 Å². The normalized spacial score (nSPS) is 10.7. The van der Waals surface area contributed by atoms with Crippen molar-refractivity contribution in [3.8, 4) is 11.4 Å². The summed E-state index contributed by atoms with van der Waals surface area (Å²) in [6, 6.07) is 13.6. The first-order valence-electron chi connectivity index (χ1n) is 6.13. The Balaban J connectivity index is 1.96. The van der Waals surface area contributed by atoms with Crippen LogP contribution >= 0.6 is 22.9 Å². The molecule has 2 heterocycles. The van der Waals surface area contributed by atoms with Gasteiger partial charge in [0, 0.05) is 22.5 Å². The quantitative estimate of drug-likeness (QED) is 0.794. The van der Waals surface area contributed by atoms with Crippen LogP contribution in [0.2, 0.25) is 5.02 Å². The van der Waals surface area contributed by atoms with Crippen molar-refractivity contribution in [2.45, 2.75) is 6.42 Å². The summed E-state index contributed by atoms with van der Waals surface area (Å²) in [6.45, 7) is 0. The van der Waals surface area contributed by atoms with Crippen molar-refractivity contribution in [1.29, 1.82) is 0 Å². The maximum absolute atomic E-state index is 5.91. The van der Waals surface area contributed by atoms with Gasteiger partial charge < -0.3 is 5.73 Å². The summed E-state index contributed by atoms with van der Waals surface area (Å²) < 4.78 is 0. The molecule has 0 bridgehead atoms. The number of nitrogens with zero attached hydrogens (tertiary/aromatic N) is 2. The summed E-state index contributed by atoms with van der Waals surface area (Å²) in [4.78, 5) is 9.86. The first-order valence-corrected chi connectivity index (χ1v) is 7.33. The fourth-order valence-electron chi connectivity index (χ4n) is 1.98. The molecule has 0 aliphatic carbocycles. The van der Waals surface area contributed by atoms with Crippen LogP contribution in [0.3, 0.4) is 0 Å². The molecule has 100 valence electrons. The molecule has 5 heteroatoms. The van der Waals surface area contributed by atoms with Crippen molar-refractivity contribution >= 4 is 28.1 Å². The van der Waals surface area contributed by atoms with E-state index in [2.05, 4.69) is 9.97 Å². The Morgan fingerprint density at radius 3 is 2.60 bits per heavy atom. The third-order valence-corrected chi connectivity index (χ3v) is 4.04. The maximum Gasteiger partial charge on any atom is 0.180 e. The van der Waals surface area contributed by atoms with Crippen molar-refractivity contribution in [2.24, 2.45) is 0 Å². The summed E-state index contributed by atoms with van der Waals surface area (Å²) in [5, 5.41) is 1.30. The average molecular weight is 302 g/mol. The highest BCUT2D eigenvalue weighted by Crippen LogP contribution is 2.30. The second-order valence-corrected chi connectivity index (χ2v) is 5.89. The third kappa shape index (κ3) is 2.81. The Hall–Kier alpha value is -1.91. The predicted molar refractivity (Wildman–Crippen MR) is 84.0 cm³/mol. The van der Waals surface area contributed by atoms with E-state index in [9.17, 15) is 0 Å². The van der Waals surface area contributed by atoms with Crippen molar-refractivity contribution in [3.63, 3.8) is 0 Å². The average Bonchev–Trinajstić information content (AvgIpc) is 2.83. The fourth-order valence-corrected chi connectivity index (χ4v) is 2.98. The lowest BCUT2D eigenvalue weighted by atomic mass is 10.1. The van der Waals surface area contributed by atoms with E-state index in [1.165, 1.54) is 16.9 Å². The molecular formula is C15H12ClN3S. The summed E-state index contributed by atoms with van der Waals surface area (Å²) in [5.74, 6) is 0. The topological polar surface area (TPSA) is 51.8 Å². The van der Waals surface area contributed by atoms with Gasteiger partial charge in [0.2, 0.25) is 0 Å². The number of benzene rings is 1. The molecule has 3 rings (SSSR count). The standard InChI is InChI=1S/C15H12ClN3S/c16-11-6-4-10(5-7-11)9-13-14(19-15(17)20-13)12-3-1-2-8-18-12/h1-8H,9H2,(H2,17,19). The van der Waals surface area contributed by atoms with Crippen LogP contribution in [0.15, 0.2) is 48.7 Å². The molecule has 0 amide bonds. The van der Waals surface area contributed by atoms with Crippen molar-refractivity contribution in [1.82, 2.24) is 9.97 Å². The number of thiazole rings is 1. The molecule has 0 saturated carbocycles. The number of hydrogen-bond donors (Lipinski definition) is 1. The van der Waals surface area contributed by atoms with Crippen LogP contribution < -0.4 is 5.73 Å². The molecule has 0 radical (unpaired) electrons. The summed E-state index contributed by atoms with van der Waals surface area (Å²) in [5.41, 5.74) is 8.74. The Kier molecular flexibility index (Phi) is 3.67. The zero-order valence-corrected chi connectivity index (χ0v) is 12.2. The summed E-state index contributed by atoms with van der Waals surface area (Å²) in [6.07, 6.45) is 2.54. The van der Waals surface area contributed by atoms with Crippen LogP contribution in [0.1, 0.15) is 10.4 Å². The molecule has 0 aliphatic heterocycles. The first kappa shape index (κ1) is 13.1. The van der Waals surface area contributed by atoms with E-state index in [0.29, 0.717) is 5.13 Å². The van der Waals surface area contributed by atoms with E-state index >= 15 is 0 Å². The minimum atomic E-state index is 0.564. The number of hydrogen-bond acceptors (Lipinski definition) is 4. The number of aromatic nitrogens is 2. The number of halogens is 1. The van der Waals surface area contributed by atoms with Crippen molar-refractivity contribution < 1.29 is 0 Å². The van der Waals surface area contributed by atoms with Gasteiger partial charge in [-0.15, -0.1) is 11.3 Å². The summed E-state index contributed by atoms with van der Waals surface area (Å²) >= 11 is 7.41. The van der Waals surface area contributed by atoms with Crippen LogP contribution in [0.5, 0.6) is 0 Å². The predicted octanol–water partition coefficient (Wildman–Crippen LogP) is 4.03. The highest BCUT2D eigenvalue weighted by Gasteiger charge is 2.13. The van der Waals surface area contributed by atoms with Gasteiger partial charge in [0.15, 0.2) is 5.13 Å². The molecule has 0 atom stereocenters. The second kappa shape index (κ2) is 5.61. The highest BCUT2D eigenvalue weighted by atomic mass is 35.5. The van der Waals surface area contributed by atoms with E-state index in [1.54, 1.807) is 6.20 Å². The molecule has 0 fully saturated rings. The van der Waals surface area contributed by atoms with Crippen molar-refractivity contribution in [2.75, 3.05) is 5.73 Å². The minimum absolute atomic E-state index is 0.564. The van der Waals surface area contributed by atoms with E-state index in [0.717, 1.165) is 27.7 Å². The molecule has 3 aromatic rings. The lowest BCUT2D eigenvalue weighted by Crippen LogP contribution is -1.90. The molecule has 0 saturated heterocycles. The molecule has 0 unspecified atom stereocenters. The van der Waals surface area contributed by atoms with Gasteiger partial charge in [-0.25, -0.2) is 4.98 Å². The number of nitrogens with two attached hydrogens (primary N) is 1. The van der Waals surface area contributed by atoms with Crippen LogP contribution in [-0.4, -0.2) is 9.97 Å². The Morgan fingerprint density at radius 1 is 1.10 bits per heavy atom. The van der Waals surface area contributed by atoms with Gasteiger partial charge in [0.1, 0.15) is 5.69 Å². The second-order valence-electron chi connectivity index (χ2n) is 4.34. The van der Waals surface area contributed by atoms with E-state index < -0.39 is 0 Å². The molecular weight excluding hydrogens is 290 g/mol. The summed E-state index contributed by atoms with van der Waals surface area (Å²) in [7, 11) is 0. The van der Waals surface area contributed by atoms with Crippen molar-refractivity contribution in [3.05, 3.63) is 64.1 Å². The monoisotopic (exact) mass is 301 g/mol. The lowest BCUT2D eigenvalue weighted by molar-refractivity contribution is 1.20. The Morgan fingerprint density at radius 2 is 1.90 bits per heavy atom. The lowest BCUT2D eigenvalue weighted by Gasteiger charge is -2.02. The van der Waals surface area contributed by atoms with Gasteiger partial charge in [-0.2, -0.15) is 0 Å². The molecule has 3 nitrogen and oxygen atoms in total. The smallest absolute Gasteiger partial charge is 0.180 e. The van der Waals surface area contributed by atoms with E-state index in [4.69, 9.17) is 17.3 Å². The van der Waals surface area contributed by atoms with Gasteiger partial charge >= 0.3 is 0 Å². The van der Waals surface area contributed by atoms with Crippen LogP contribution in [0.25, 0.3) is 11.4 Å². The fraction of sp³-hybridized carbons (Fsp3) is 0.0667. The number of anilines is 1. The van der Waals surface area contributed by atoms with Gasteiger partial charge in [0.05, 0.1) is 5.69 Å². The largest absolute Gasteiger partial charge is 0.375 e. The van der Waals surface area contributed by atoms with Crippen LogP contribution in [-0.2, 0) is 6.42 Å². The Bertz CT molecular complexity index is 708. The third-order valence-electron chi connectivity index (χ3n) is 2.90. The van der Waals surface area contributed by atoms with Gasteiger partial charge in [0.25, 0.3) is 0 Å². The van der Waals surface area contributed by atoms with Gasteiger partial charge in [-0.3, -0.25) is 4.98 Å². The van der Waals surface area contributed by atoms with E-state index in [1.807, 2.05) is 42.5 Å². The highest BCUT2D eigenvalue weighted by molar-refractivity contribution is 7.15. The molecule has 0 aliphatic rings. The Labute approximate surface area is 126 Å². The SMILES string of the molecule is Nc1nc(-c2ccccn2)c(Cc2ccc(Cl)cc2)s1. The van der Waals surface area contributed by atoms with Gasteiger partial charge in [-0.1, -0.05) is 29.8 Å². The van der Waals surface area contributed by atoms with Gasteiger partial charge in [-0.05, 0) is 29.8 Å². The van der Waals surface area contributed by atoms with Crippen LogP contribution in [0, 0.1) is 0 Å². The number of pyridine rings is 1. The number of nitrogen functional groups attached to an aromatic ring is 1. The minimum Gasteiger partial charge on any atom is -0.375 e.